The van der Waals surface area contributed by atoms with Gasteiger partial charge in [0.25, 0.3) is 0 Å². The van der Waals surface area contributed by atoms with Crippen LogP contribution in [0, 0.1) is 0 Å². The van der Waals surface area contributed by atoms with Crippen LogP contribution in [0.25, 0.3) is 0 Å². The standard InChI is InChI=1S/C9H19NO4S/c11-4-6-14-5-1-3-10-9-2-7-15(12,13)8-9/h9-11H,1-8H2. The van der Waals surface area contributed by atoms with Crippen LogP contribution in [0.4, 0.5) is 0 Å². The summed E-state index contributed by atoms with van der Waals surface area (Å²) < 4.78 is 27.3. The molecule has 0 aromatic carbocycles. The van der Waals surface area contributed by atoms with Crippen molar-refractivity contribution in [2.75, 3.05) is 37.9 Å². The van der Waals surface area contributed by atoms with Crippen molar-refractivity contribution in [3.63, 3.8) is 0 Å². The maximum atomic E-state index is 11.1. The van der Waals surface area contributed by atoms with Crippen LogP contribution in [0.15, 0.2) is 0 Å². The molecule has 0 spiro atoms. The van der Waals surface area contributed by atoms with E-state index in [1.807, 2.05) is 0 Å². The summed E-state index contributed by atoms with van der Waals surface area (Å²) in [6.45, 7) is 1.80. The highest BCUT2D eigenvalue weighted by Crippen LogP contribution is 2.10. The molecule has 0 radical (unpaired) electrons. The van der Waals surface area contributed by atoms with E-state index in [4.69, 9.17) is 9.84 Å². The molecule has 90 valence electrons. The second-order valence-corrected chi connectivity index (χ2v) is 5.97. The molecular formula is C9H19NO4S. The first-order valence-electron chi connectivity index (χ1n) is 5.26. The zero-order valence-electron chi connectivity index (χ0n) is 8.81. The molecule has 0 aromatic heterocycles. The third-order valence-electron chi connectivity index (χ3n) is 2.37. The molecular weight excluding hydrogens is 218 g/mol. The normalized spacial score (nSPS) is 24.5. The van der Waals surface area contributed by atoms with Crippen LogP contribution in [0.1, 0.15) is 12.8 Å². The average molecular weight is 237 g/mol. The number of nitrogens with one attached hydrogen (secondary N) is 1. The van der Waals surface area contributed by atoms with Gasteiger partial charge in [-0.1, -0.05) is 0 Å². The van der Waals surface area contributed by atoms with Gasteiger partial charge in [0.15, 0.2) is 9.84 Å². The second kappa shape index (κ2) is 6.42. The number of sulfone groups is 1. The molecule has 1 unspecified atom stereocenters. The molecule has 1 aliphatic heterocycles. The first-order chi connectivity index (χ1) is 7.14. The predicted octanol–water partition coefficient (Wildman–Crippen LogP) is -0.838. The van der Waals surface area contributed by atoms with Crippen LogP contribution < -0.4 is 5.32 Å². The van der Waals surface area contributed by atoms with Crippen LogP contribution in [0.3, 0.4) is 0 Å². The number of aliphatic hydroxyl groups is 1. The first kappa shape index (κ1) is 12.9. The van der Waals surface area contributed by atoms with Gasteiger partial charge in [-0.3, -0.25) is 0 Å². The van der Waals surface area contributed by atoms with Gasteiger partial charge in [0.1, 0.15) is 0 Å². The van der Waals surface area contributed by atoms with Crippen molar-refractivity contribution in [1.82, 2.24) is 5.32 Å². The molecule has 1 rings (SSSR count). The molecule has 0 aliphatic carbocycles. The van der Waals surface area contributed by atoms with Gasteiger partial charge in [-0.2, -0.15) is 0 Å². The minimum atomic E-state index is -2.77. The molecule has 6 heteroatoms. The lowest BCUT2D eigenvalue weighted by Gasteiger charge is -2.10. The SMILES string of the molecule is O=S1(=O)CCC(NCCCOCCO)C1. The van der Waals surface area contributed by atoms with Crippen LogP contribution in [-0.2, 0) is 14.6 Å². The smallest absolute Gasteiger partial charge is 0.151 e. The molecule has 1 fully saturated rings. The van der Waals surface area contributed by atoms with Gasteiger partial charge in [-0.05, 0) is 19.4 Å². The van der Waals surface area contributed by atoms with Crippen molar-refractivity contribution in [3.8, 4) is 0 Å². The summed E-state index contributed by atoms with van der Waals surface area (Å²) in [5.74, 6) is 0.580. The van der Waals surface area contributed by atoms with E-state index in [-0.39, 0.29) is 18.4 Å². The molecule has 15 heavy (non-hydrogen) atoms. The molecule has 5 nitrogen and oxygen atoms in total. The van der Waals surface area contributed by atoms with Gasteiger partial charge in [-0.25, -0.2) is 8.42 Å². The van der Waals surface area contributed by atoms with E-state index >= 15 is 0 Å². The zero-order valence-corrected chi connectivity index (χ0v) is 9.63. The Morgan fingerprint density at radius 2 is 2.20 bits per heavy atom. The summed E-state index contributed by atoms with van der Waals surface area (Å²) in [6, 6.07) is 0.118. The third kappa shape index (κ3) is 5.46. The van der Waals surface area contributed by atoms with Crippen molar-refractivity contribution in [2.24, 2.45) is 0 Å². The monoisotopic (exact) mass is 237 g/mol. The summed E-state index contributed by atoms with van der Waals surface area (Å²) in [5, 5.41) is 11.6. The van der Waals surface area contributed by atoms with Crippen molar-refractivity contribution in [2.45, 2.75) is 18.9 Å². The fourth-order valence-electron chi connectivity index (χ4n) is 1.60. The van der Waals surface area contributed by atoms with Gasteiger partial charge < -0.3 is 15.2 Å². The van der Waals surface area contributed by atoms with E-state index in [0.29, 0.717) is 19.0 Å². The fourth-order valence-corrected chi connectivity index (χ4v) is 3.31. The van der Waals surface area contributed by atoms with Crippen molar-refractivity contribution >= 4 is 9.84 Å². The van der Waals surface area contributed by atoms with E-state index in [0.717, 1.165) is 19.4 Å². The summed E-state index contributed by atoms with van der Waals surface area (Å²) in [7, 11) is -2.77. The van der Waals surface area contributed by atoms with E-state index in [2.05, 4.69) is 5.32 Å². The van der Waals surface area contributed by atoms with Crippen LogP contribution in [0.2, 0.25) is 0 Å². The minimum absolute atomic E-state index is 0.0499. The molecule has 2 N–H and O–H groups in total. The third-order valence-corrected chi connectivity index (χ3v) is 4.13. The quantitative estimate of drug-likeness (QED) is 0.565. The summed E-state index contributed by atoms with van der Waals surface area (Å²) >= 11 is 0. The second-order valence-electron chi connectivity index (χ2n) is 3.74. The van der Waals surface area contributed by atoms with Gasteiger partial charge in [0.05, 0.1) is 24.7 Å². The number of hydrogen-bond acceptors (Lipinski definition) is 5. The summed E-state index contributed by atoms with van der Waals surface area (Å²) in [6.07, 6.45) is 1.57. The summed E-state index contributed by atoms with van der Waals surface area (Å²) in [4.78, 5) is 0. The number of hydrogen-bond donors (Lipinski definition) is 2. The number of ether oxygens (including phenoxy) is 1. The Morgan fingerprint density at radius 3 is 2.80 bits per heavy atom. The summed E-state index contributed by atoms with van der Waals surface area (Å²) in [5.41, 5.74) is 0. The Kier molecular flexibility index (Phi) is 5.52. The van der Waals surface area contributed by atoms with E-state index < -0.39 is 9.84 Å². The highest BCUT2D eigenvalue weighted by molar-refractivity contribution is 7.91. The first-order valence-corrected chi connectivity index (χ1v) is 7.08. The highest BCUT2D eigenvalue weighted by atomic mass is 32.2. The van der Waals surface area contributed by atoms with Crippen LogP contribution >= 0.6 is 0 Å². The predicted molar refractivity (Wildman–Crippen MR) is 57.6 cm³/mol. The molecule has 0 saturated carbocycles. The van der Waals surface area contributed by atoms with E-state index in [1.165, 1.54) is 0 Å². The Morgan fingerprint density at radius 1 is 1.40 bits per heavy atom. The van der Waals surface area contributed by atoms with Crippen LogP contribution in [-0.4, -0.2) is 57.4 Å². The van der Waals surface area contributed by atoms with E-state index in [1.54, 1.807) is 0 Å². The van der Waals surface area contributed by atoms with E-state index in [9.17, 15) is 8.42 Å². The zero-order chi connectivity index (χ0) is 11.1. The van der Waals surface area contributed by atoms with Gasteiger partial charge in [0, 0.05) is 12.6 Å². The minimum Gasteiger partial charge on any atom is -0.394 e. The molecule has 1 saturated heterocycles. The van der Waals surface area contributed by atoms with Crippen molar-refractivity contribution < 1.29 is 18.3 Å². The van der Waals surface area contributed by atoms with Crippen molar-refractivity contribution in [3.05, 3.63) is 0 Å². The van der Waals surface area contributed by atoms with Crippen molar-refractivity contribution in [1.29, 1.82) is 0 Å². The molecule has 1 atom stereocenters. The number of aliphatic hydroxyl groups excluding tert-OH is 1. The largest absolute Gasteiger partial charge is 0.394 e. The molecule has 0 amide bonds. The maximum absolute atomic E-state index is 11.1. The molecule has 1 aliphatic rings. The Hall–Kier alpha value is -0.170. The molecule has 0 bridgehead atoms. The lowest BCUT2D eigenvalue weighted by Crippen LogP contribution is -2.31. The van der Waals surface area contributed by atoms with Gasteiger partial charge in [0.2, 0.25) is 0 Å². The number of rotatable bonds is 7. The topological polar surface area (TPSA) is 75.6 Å². The Labute approximate surface area is 90.7 Å². The molecule has 0 aromatic rings. The van der Waals surface area contributed by atoms with Gasteiger partial charge >= 0.3 is 0 Å². The lowest BCUT2D eigenvalue weighted by atomic mass is 10.2. The highest BCUT2D eigenvalue weighted by Gasteiger charge is 2.26. The maximum Gasteiger partial charge on any atom is 0.151 e. The van der Waals surface area contributed by atoms with Crippen LogP contribution in [0.5, 0.6) is 0 Å². The Balaban J connectivity index is 1.97. The Bertz CT molecular complexity index is 265. The fraction of sp³-hybridized carbons (Fsp3) is 1.00. The molecule has 1 heterocycles. The lowest BCUT2D eigenvalue weighted by molar-refractivity contribution is 0.0905. The van der Waals surface area contributed by atoms with Gasteiger partial charge in [-0.15, -0.1) is 0 Å². The average Bonchev–Trinajstić information content (AvgIpc) is 2.52.